The quantitative estimate of drug-likeness (QED) is 0.581. The molecule has 0 saturated heterocycles. The number of benzene rings is 1. The summed E-state index contributed by atoms with van der Waals surface area (Å²) in [6, 6.07) is 7.23. The fraction of sp³-hybridized carbons (Fsp3) is 0.167. The second kappa shape index (κ2) is 5.74. The zero-order chi connectivity index (χ0) is 14.8. The Morgan fingerprint density at radius 3 is 2.62 bits per heavy atom. The van der Waals surface area contributed by atoms with E-state index in [0.717, 1.165) is 5.56 Å². The highest BCUT2D eigenvalue weighted by molar-refractivity contribution is 7.98. The number of nitrogens with zero attached hydrogens (tertiary/aromatic N) is 5. The van der Waals surface area contributed by atoms with E-state index < -0.39 is 0 Å². The molecule has 2 aromatic heterocycles. The van der Waals surface area contributed by atoms with Gasteiger partial charge in [-0.25, -0.2) is 4.68 Å². The molecule has 2 heterocycles. The molecule has 0 aliphatic heterocycles. The number of rotatable bonds is 4. The number of aryl methyl sites for hydroxylation is 1. The summed E-state index contributed by atoms with van der Waals surface area (Å²) in [5.74, 6) is 8.11. The smallest absolute Gasteiger partial charge is 0.226 e. The van der Waals surface area contributed by atoms with E-state index in [1.165, 1.54) is 16.4 Å². The van der Waals surface area contributed by atoms with Crippen LogP contribution in [0.3, 0.4) is 0 Å². The molecule has 0 saturated carbocycles. The molecule has 0 fully saturated rings. The van der Waals surface area contributed by atoms with Crippen LogP contribution in [0.15, 0.2) is 33.8 Å². The molecule has 3 rings (SSSR count). The van der Waals surface area contributed by atoms with Crippen molar-refractivity contribution in [1.29, 1.82) is 0 Å². The zero-order valence-corrected chi connectivity index (χ0v) is 12.6. The van der Waals surface area contributed by atoms with E-state index in [9.17, 15) is 0 Å². The van der Waals surface area contributed by atoms with Gasteiger partial charge in [0.2, 0.25) is 16.9 Å². The van der Waals surface area contributed by atoms with Gasteiger partial charge in [-0.05, 0) is 24.3 Å². The highest BCUT2D eigenvalue weighted by atomic mass is 35.5. The van der Waals surface area contributed by atoms with Crippen molar-refractivity contribution in [3.63, 3.8) is 0 Å². The van der Waals surface area contributed by atoms with Gasteiger partial charge in [0.05, 0.1) is 5.75 Å². The van der Waals surface area contributed by atoms with Gasteiger partial charge in [-0.2, -0.15) is 0 Å². The van der Waals surface area contributed by atoms with Gasteiger partial charge in [0.1, 0.15) is 0 Å². The van der Waals surface area contributed by atoms with Gasteiger partial charge in [-0.15, -0.1) is 20.4 Å². The van der Waals surface area contributed by atoms with Crippen LogP contribution < -0.4 is 5.84 Å². The maximum absolute atomic E-state index is 6.01. The summed E-state index contributed by atoms with van der Waals surface area (Å²) in [7, 11) is 0. The van der Waals surface area contributed by atoms with Crippen molar-refractivity contribution in [2.24, 2.45) is 0 Å². The Morgan fingerprint density at radius 1 is 1.19 bits per heavy atom. The van der Waals surface area contributed by atoms with E-state index in [0.29, 0.717) is 33.5 Å². The second-order valence-electron chi connectivity index (χ2n) is 4.19. The Hall–Kier alpha value is -2.06. The van der Waals surface area contributed by atoms with Crippen LogP contribution >= 0.6 is 23.4 Å². The van der Waals surface area contributed by atoms with Crippen LogP contribution in [0.5, 0.6) is 0 Å². The maximum Gasteiger partial charge on any atom is 0.226 e. The first-order valence-corrected chi connectivity index (χ1v) is 7.38. The minimum Gasteiger partial charge on any atom is -0.425 e. The topological polar surface area (TPSA) is 95.7 Å². The van der Waals surface area contributed by atoms with Crippen molar-refractivity contribution >= 4 is 23.4 Å². The summed E-state index contributed by atoms with van der Waals surface area (Å²) >= 11 is 7.24. The molecule has 0 radical (unpaired) electrons. The SMILES string of the molecule is Cc1nnc(CSc2nnc(-c3ccc(Cl)cc3)n2N)o1. The molecule has 0 atom stereocenters. The first-order chi connectivity index (χ1) is 10.1. The lowest BCUT2D eigenvalue weighted by Gasteiger charge is -2.02. The van der Waals surface area contributed by atoms with E-state index in [4.69, 9.17) is 21.9 Å². The number of hydrogen-bond acceptors (Lipinski definition) is 7. The number of halogens is 1. The Labute approximate surface area is 129 Å². The first kappa shape index (κ1) is 13.9. The van der Waals surface area contributed by atoms with Gasteiger partial charge in [0, 0.05) is 17.5 Å². The molecule has 3 aromatic rings. The van der Waals surface area contributed by atoms with Crippen LogP contribution in [-0.2, 0) is 5.75 Å². The normalized spacial score (nSPS) is 11.0. The average Bonchev–Trinajstić information content (AvgIpc) is 3.04. The Kier molecular flexibility index (Phi) is 3.80. The van der Waals surface area contributed by atoms with E-state index in [2.05, 4.69) is 20.4 Å². The Morgan fingerprint density at radius 2 is 1.95 bits per heavy atom. The van der Waals surface area contributed by atoms with E-state index >= 15 is 0 Å². The van der Waals surface area contributed by atoms with Crippen molar-refractivity contribution < 1.29 is 4.42 Å². The van der Waals surface area contributed by atoms with Crippen LogP contribution in [0.4, 0.5) is 0 Å². The predicted octanol–water partition coefficient (Wildman–Crippen LogP) is 2.30. The van der Waals surface area contributed by atoms with Crippen molar-refractivity contribution in [2.75, 3.05) is 5.84 Å². The third-order valence-electron chi connectivity index (χ3n) is 2.66. The van der Waals surface area contributed by atoms with Gasteiger partial charge in [-0.1, -0.05) is 23.4 Å². The third kappa shape index (κ3) is 3.01. The third-order valence-corrected chi connectivity index (χ3v) is 3.84. The van der Waals surface area contributed by atoms with E-state index in [1.54, 1.807) is 19.1 Å². The Bertz CT molecular complexity index is 753. The lowest BCUT2D eigenvalue weighted by molar-refractivity contribution is 0.485. The summed E-state index contributed by atoms with van der Waals surface area (Å²) in [5, 5.41) is 17.1. The lowest BCUT2D eigenvalue weighted by Crippen LogP contribution is -2.11. The van der Waals surface area contributed by atoms with Crippen molar-refractivity contribution in [3.05, 3.63) is 41.1 Å². The molecule has 0 unspecified atom stereocenters. The largest absolute Gasteiger partial charge is 0.425 e. The molecule has 9 heteroatoms. The summed E-state index contributed by atoms with van der Waals surface area (Å²) in [4.78, 5) is 0. The molecular weight excluding hydrogens is 312 g/mol. The van der Waals surface area contributed by atoms with Gasteiger partial charge in [0.25, 0.3) is 0 Å². The molecule has 1 aromatic carbocycles. The highest BCUT2D eigenvalue weighted by Crippen LogP contribution is 2.24. The predicted molar refractivity (Wildman–Crippen MR) is 79.2 cm³/mol. The van der Waals surface area contributed by atoms with Gasteiger partial charge < -0.3 is 10.3 Å². The molecule has 7 nitrogen and oxygen atoms in total. The minimum absolute atomic E-state index is 0.483. The summed E-state index contributed by atoms with van der Waals surface area (Å²) in [5.41, 5.74) is 0.842. The van der Waals surface area contributed by atoms with Gasteiger partial charge in [0.15, 0.2) is 5.82 Å². The molecule has 0 aliphatic rings. The molecule has 0 bridgehead atoms. The second-order valence-corrected chi connectivity index (χ2v) is 5.57. The van der Waals surface area contributed by atoms with Crippen molar-refractivity contribution in [2.45, 2.75) is 17.8 Å². The first-order valence-electron chi connectivity index (χ1n) is 6.01. The molecule has 0 spiro atoms. The summed E-state index contributed by atoms with van der Waals surface area (Å²) < 4.78 is 6.72. The van der Waals surface area contributed by atoms with Crippen LogP contribution in [0.1, 0.15) is 11.8 Å². The lowest BCUT2D eigenvalue weighted by atomic mass is 10.2. The average molecular weight is 323 g/mol. The standard InChI is InChI=1S/C12H11ClN6OS/c1-7-15-16-10(20-7)6-21-12-18-17-11(19(12)14)8-2-4-9(13)5-3-8/h2-5H,6,14H2,1H3. The highest BCUT2D eigenvalue weighted by Gasteiger charge is 2.13. The van der Waals surface area contributed by atoms with Crippen LogP contribution in [0.25, 0.3) is 11.4 Å². The molecular formula is C12H11ClN6OS. The summed E-state index contributed by atoms with van der Waals surface area (Å²) in [6.45, 7) is 1.74. The van der Waals surface area contributed by atoms with Crippen LogP contribution in [0, 0.1) is 6.92 Å². The number of thioether (sulfide) groups is 1. The van der Waals surface area contributed by atoms with E-state index in [1.807, 2.05) is 12.1 Å². The van der Waals surface area contributed by atoms with Crippen LogP contribution in [0.2, 0.25) is 5.02 Å². The van der Waals surface area contributed by atoms with E-state index in [-0.39, 0.29) is 0 Å². The number of hydrogen-bond donors (Lipinski definition) is 1. The van der Waals surface area contributed by atoms with Gasteiger partial charge in [-0.3, -0.25) is 0 Å². The van der Waals surface area contributed by atoms with Crippen LogP contribution in [-0.4, -0.2) is 25.1 Å². The number of nitrogen functional groups attached to an aromatic ring is 1. The molecule has 2 N–H and O–H groups in total. The van der Waals surface area contributed by atoms with Crippen molar-refractivity contribution in [3.8, 4) is 11.4 Å². The van der Waals surface area contributed by atoms with Crippen molar-refractivity contribution in [1.82, 2.24) is 25.1 Å². The molecule has 0 aliphatic carbocycles. The minimum atomic E-state index is 0.483. The maximum atomic E-state index is 6.01. The molecule has 108 valence electrons. The molecule has 21 heavy (non-hydrogen) atoms. The zero-order valence-electron chi connectivity index (χ0n) is 11.0. The monoisotopic (exact) mass is 322 g/mol. The Balaban J connectivity index is 1.77. The number of aromatic nitrogens is 5. The summed E-state index contributed by atoms with van der Waals surface area (Å²) in [6.07, 6.45) is 0. The molecule has 0 amide bonds. The number of nitrogens with two attached hydrogens (primary N) is 1. The fourth-order valence-electron chi connectivity index (χ4n) is 1.69. The fourth-order valence-corrected chi connectivity index (χ4v) is 2.51. The van der Waals surface area contributed by atoms with Gasteiger partial charge >= 0.3 is 0 Å².